The van der Waals surface area contributed by atoms with Crippen molar-refractivity contribution in [2.75, 3.05) is 47.0 Å². The van der Waals surface area contributed by atoms with Gasteiger partial charge in [-0.1, -0.05) is 0 Å². The van der Waals surface area contributed by atoms with Crippen molar-refractivity contribution < 1.29 is 8.42 Å². The Hall–Kier alpha value is -0.820. The summed E-state index contributed by atoms with van der Waals surface area (Å²) in [4.78, 5) is 8.26. The van der Waals surface area contributed by atoms with Gasteiger partial charge in [-0.2, -0.15) is 0 Å². The van der Waals surface area contributed by atoms with Crippen molar-refractivity contribution in [1.82, 2.24) is 14.5 Å². The molecular weight excluding hydrogens is 240 g/mol. The first-order valence-electron chi connectivity index (χ1n) is 5.66. The highest BCUT2D eigenvalue weighted by molar-refractivity contribution is 7.89. The lowest BCUT2D eigenvalue weighted by Crippen LogP contribution is -2.35. The molecule has 0 amide bonds. The summed E-state index contributed by atoms with van der Waals surface area (Å²) < 4.78 is 24.8. The molecule has 0 bridgehead atoms. The van der Waals surface area contributed by atoms with Gasteiger partial charge >= 0.3 is 0 Å². The van der Waals surface area contributed by atoms with Crippen LogP contribution in [-0.2, 0) is 10.0 Å². The highest BCUT2D eigenvalue weighted by atomic mass is 32.2. The van der Waals surface area contributed by atoms with Gasteiger partial charge in [-0.15, -0.1) is 0 Å². The number of sulfonamides is 1. The van der Waals surface area contributed by atoms with Crippen molar-refractivity contribution in [2.45, 2.75) is 13.3 Å². The predicted molar refractivity (Wildman–Crippen MR) is 71.8 cm³/mol. The zero-order chi connectivity index (χ0) is 13.5. The van der Waals surface area contributed by atoms with Gasteiger partial charge in [-0.05, 0) is 13.3 Å². The number of hydrogen-bond acceptors (Lipinski definition) is 3. The van der Waals surface area contributed by atoms with E-state index in [2.05, 4.69) is 9.71 Å². The molecule has 0 rings (SSSR count). The minimum Gasteiger partial charge on any atom is -0.349 e. The van der Waals surface area contributed by atoms with Crippen LogP contribution in [0.2, 0.25) is 0 Å². The van der Waals surface area contributed by atoms with Crippen LogP contribution in [0.25, 0.3) is 0 Å². The van der Waals surface area contributed by atoms with Crippen molar-refractivity contribution in [3.05, 3.63) is 0 Å². The molecule has 0 saturated carbocycles. The third-order valence-corrected chi connectivity index (χ3v) is 3.49. The molecule has 0 spiro atoms. The fourth-order valence-corrected chi connectivity index (χ4v) is 1.93. The van der Waals surface area contributed by atoms with E-state index in [4.69, 9.17) is 0 Å². The van der Waals surface area contributed by atoms with E-state index < -0.39 is 10.0 Å². The van der Waals surface area contributed by atoms with Crippen LogP contribution in [0.3, 0.4) is 0 Å². The third-order valence-electron chi connectivity index (χ3n) is 2.09. The molecule has 1 N–H and O–H groups in total. The van der Waals surface area contributed by atoms with Gasteiger partial charge in [0.2, 0.25) is 10.0 Å². The van der Waals surface area contributed by atoms with Crippen LogP contribution in [0.1, 0.15) is 13.3 Å². The summed E-state index contributed by atoms with van der Waals surface area (Å²) in [6.45, 7) is 2.67. The van der Waals surface area contributed by atoms with Crippen LogP contribution in [0.15, 0.2) is 4.99 Å². The summed E-state index contributed by atoms with van der Waals surface area (Å²) in [6.07, 6.45) is 0.699. The standard InChI is InChI=1S/C10H24N4O2S/c1-6-17(15,16)12-9-7-8-11-10(13(2)3)14(4)5/h12H,6-9H2,1-5H3. The lowest BCUT2D eigenvalue weighted by Gasteiger charge is -2.22. The van der Waals surface area contributed by atoms with Gasteiger partial charge in [-0.25, -0.2) is 13.1 Å². The van der Waals surface area contributed by atoms with E-state index in [9.17, 15) is 8.42 Å². The van der Waals surface area contributed by atoms with Crippen molar-refractivity contribution in [3.8, 4) is 0 Å². The molecule has 6 nitrogen and oxygen atoms in total. The van der Waals surface area contributed by atoms with Gasteiger partial charge in [0.1, 0.15) is 0 Å². The van der Waals surface area contributed by atoms with Crippen LogP contribution < -0.4 is 4.72 Å². The van der Waals surface area contributed by atoms with Gasteiger partial charge in [0.25, 0.3) is 0 Å². The van der Waals surface area contributed by atoms with Crippen LogP contribution >= 0.6 is 0 Å². The van der Waals surface area contributed by atoms with Gasteiger partial charge in [0, 0.05) is 41.3 Å². The first kappa shape index (κ1) is 16.2. The summed E-state index contributed by atoms with van der Waals surface area (Å²) in [5.41, 5.74) is 0. The molecule has 0 unspecified atom stereocenters. The van der Waals surface area contributed by atoms with Gasteiger partial charge in [0.05, 0.1) is 5.75 Å². The predicted octanol–water partition coefficient (Wildman–Crippen LogP) is -0.205. The molecule has 0 aliphatic heterocycles. The van der Waals surface area contributed by atoms with Crippen LogP contribution in [0.5, 0.6) is 0 Å². The molecule has 0 heterocycles. The first-order chi connectivity index (χ1) is 7.80. The average Bonchev–Trinajstić information content (AvgIpc) is 2.22. The Balaban J connectivity index is 4.02. The highest BCUT2D eigenvalue weighted by Gasteiger charge is 2.05. The Morgan fingerprint density at radius 1 is 1.18 bits per heavy atom. The number of nitrogens with one attached hydrogen (secondary N) is 1. The Morgan fingerprint density at radius 2 is 1.71 bits per heavy atom. The quantitative estimate of drug-likeness (QED) is 0.410. The number of nitrogens with zero attached hydrogens (tertiary/aromatic N) is 3. The Morgan fingerprint density at radius 3 is 2.12 bits per heavy atom. The largest absolute Gasteiger partial charge is 0.349 e. The van der Waals surface area contributed by atoms with E-state index in [0.29, 0.717) is 19.5 Å². The minimum absolute atomic E-state index is 0.122. The Bertz CT molecular complexity index is 326. The second-order valence-electron chi connectivity index (χ2n) is 4.12. The van der Waals surface area contributed by atoms with E-state index in [1.54, 1.807) is 6.92 Å². The van der Waals surface area contributed by atoms with Crippen LogP contribution in [0.4, 0.5) is 0 Å². The molecule has 0 fully saturated rings. The van der Waals surface area contributed by atoms with Crippen LogP contribution in [-0.4, -0.2) is 71.2 Å². The molecular formula is C10H24N4O2S. The minimum atomic E-state index is -3.07. The Kier molecular flexibility index (Phi) is 7.13. The molecule has 0 aliphatic carbocycles. The molecule has 0 aliphatic rings. The highest BCUT2D eigenvalue weighted by Crippen LogP contribution is 1.91. The Labute approximate surface area is 105 Å². The maximum atomic E-state index is 11.1. The normalized spacial score (nSPS) is 11.1. The zero-order valence-corrected chi connectivity index (χ0v) is 12.2. The number of guanidine groups is 1. The van der Waals surface area contributed by atoms with E-state index in [1.165, 1.54) is 0 Å². The first-order valence-corrected chi connectivity index (χ1v) is 7.31. The van der Waals surface area contributed by atoms with Gasteiger partial charge < -0.3 is 9.80 Å². The second kappa shape index (κ2) is 7.50. The number of aliphatic imine (C=N–C) groups is 1. The van der Waals surface area contributed by atoms with Gasteiger partial charge in [0.15, 0.2) is 5.96 Å². The van der Waals surface area contributed by atoms with Crippen molar-refractivity contribution in [1.29, 1.82) is 0 Å². The van der Waals surface area contributed by atoms with E-state index in [0.717, 1.165) is 5.96 Å². The maximum Gasteiger partial charge on any atom is 0.211 e. The average molecular weight is 264 g/mol. The smallest absolute Gasteiger partial charge is 0.211 e. The lowest BCUT2D eigenvalue weighted by molar-refractivity contribution is 0.479. The van der Waals surface area contributed by atoms with E-state index >= 15 is 0 Å². The third kappa shape index (κ3) is 7.17. The number of rotatable bonds is 6. The summed E-state index contributed by atoms with van der Waals surface area (Å²) in [6, 6.07) is 0. The summed E-state index contributed by atoms with van der Waals surface area (Å²) in [5, 5.41) is 0. The summed E-state index contributed by atoms with van der Waals surface area (Å²) in [7, 11) is 4.64. The summed E-state index contributed by atoms with van der Waals surface area (Å²) in [5.74, 6) is 1.00. The number of hydrogen-bond donors (Lipinski definition) is 1. The molecule has 0 atom stereocenters. The topological polar surface area (TPSA) is 65.0 Å². The molecule has 0 saturated heterocycles. The van der Waals surface area contributed by atoms with Crippen molar-refractivity contribution in [2.24, 2.45) is 4.99 Å². The van der Waals surface area contributed by atoms with Crippen molar-refractivity contribution >= 4 is 16.0 Å². The van der Waals surface area contributed by atoms with Crippen molar-refractivity contribution in [3.63, 3.8) is 0 Å². The fourth-order valence-electron chi connectivity index (χ4n) is 1.27. The van der Waals surface area contributed by atoms with Gasteiger partial charge in [-0.3, -0.25) is 4.99 Å². The molecule has 0 aromatic rings. The fraction of sp³-hybridized carbons (Fsp3) is 0.900. The van der Waals surface area contributed by atoms with E-state index in [1.807, 2.05) is 38.0 Å². The van der Waals surface area contributed by atoms with Crippen LogP contribution in [0, 0.1) is 0 Å². The lowest BCUT2D eigenvalue weighted by atomic mass is 10.4. The molecule has 7 heteroatoms. The molecule has 17 heavy (non-hydrogen) atoms. The zero-order valence-electron chi connectivity index (χ0n) is 11.4. The monoisotopic (exact) mass is 264 g/mol. The molecule has 0 aromatic heterocycles. The maximum absolute atomic E-state index is 11.1. The summed E-state index contributed by atoms with van der Waals surface area (Å²) >= 11 is 0. The second-order valence-corrected chi connectivity index (χ2v) is 6.22. The SMILES string of the molecule is CCS(=O)(=O)NCCCN=C(N(C)C)N(C)C. The van der Waals surface area contributed by atoms with E-state index in [-0.39, 0.29) is 5.75 Å². The molecule has 0 aromatic carbocycles. The molecule has 102 valence electrons. The molecule has 0 radical (unpaired) electrons.